The molecule has 0 aliphatic heterocycles. The maximum Gasteiger partial charge on any atom is 0.143 e. The van der Waals surface area contributed by atoms with Gasteiger partial charge >= 0.3 is 0 Å². The lowest BCUT2D eigenvalue weighted by Gasteiger charge is -2.12. The van der Waals surface area contributed by atoms with Crippen LogP contribution in [0.1, 0.15) is 0 Å². The zero-order valence-electron chi connectivity index (χ0n) is 34.6. The van der Waals surface area contributed by atoms with E-state index in [9.17, 15) is 0 Å². The van der Waals surface area contributed by atoms with Gasteiger partial charge in [-0.1, -0.05) is 127 Å². The molecule has 0 amide bonds. The molecule has 14 rings (SSSR count). The van der Waals surface area contributed by atoms with Crippen molar-refractivity contribution in [3.63, 3.8) is 0 Å². The largest absolute Gasteiger partial charge is 0.455 e. The summed E-state index contributed by atoms with van der Waals surface area (Å²) in [6, 6.07) is 81.4. The molecule has 0 fully saturated rings. The van der Waals surface area contributed by atoms with Crippen molar-refractivity contribution in [1.82, 2.24) is 13.7 Å². The van der Waals surface area contributed by atoms with E-state index in [1.807, 2.05) is 0 Å². The van der Waals surface area contributed by atoms with Crippen LogP contribution in [0.2, 0.25) is 0 Å². The summed E-state index contributed by atoms with van der Waals surface area (Å²) in [5, 5.41) is 9.53. The molecule has 0 unspecified atom stereocenters. The van der Waals surface area contributed by atoms with Gasteiger partial charge in [0.25, 0.3) is 0 Å². The predicted molar refractivity (Wildman–Crippen MR) is 268 cm³/mol. The van der Waals surface area contributed by atoms with Crippen molar-refractivity contribution in [1.29, 1.82) is 0 Å². The molecule has 0 radical (unpaired) electrons. The molecule has 0 bridgehead atoms. The summed E-state index contributed by atoms with van der Waals surface area (Å²) < 4.78 is 14.2. The molecule has 14 aromatic rings. The summed E-state index contributed by atoms with van der Waals surface area (Å²) in [6.45, 7) is 0. The molecule has 4 nitrogen and oxygen atoms in total. The summed E-state index contributed by atoms with van der Waals surface area (Å²) in [5.74, 6) is 0. The first kappa shape index (κ1) is 35.0. The van der Waals surface area contributed by atoms with Gasteiger partial charge in [0.15, 0.2) is 0 Å². The molecule has 298 valence electrons. The predicted octanol–water partition coefficient (Wildman–Crippen LogP) is 16.2. The average Bonchev–Trinajstić information content (AvgIpc) is 4.10. The van der Waals surface area contributed by atoms with Crippen LogP contribution >= 0.6 is 0 Å². The normalized spacial score (nSPS) is 12.1. The molecule has 0 saturated carbocycles. The van der Waals surface area contributed by atoms with Gasteiger partial charge in [-0.25, -0.2) is 0 Å². The molecule has 0 saturated heterocycles. The lowest BCUT2D eigenvalue weighted by molar-refractivity contribution is 0.670. The average molecular weight is 816 g/mol. The second-order valence-electron chi connectivity index (χ2n) is 16.9. The van der Waals surface area contributed by atoms with Crippen molar-refractivity contribution in [2.75, 3.05) is 0 Å². The van der Waals surface area contributed by atoms with E-state index in [1.165, 1.54) is 71.0 Å². The summed E-state index contributed by atoms with van der Waals surface area (Å²) in [6.07, 6.45) is 0. The molecule has 0 aliphatic rings. The second kappa shape index (κ2) is 13.4. The van der Waals surface area contributed by atoms with E-state index in [0.29, 0.717) is 0 Å². The highest BCUT2D eigenvalue weighted by Gasteiger charge is 2.21. The number of hydrogen-bond acceptors (Lipinski definition) is 1. The molecular weight excluding hydrogens is 779 g/mol. The molecule has 0 N–H and O–H groups in total. The Morgan fingerprint density at radius 3 is 1.17 bits per heavy atom. The van der Waals surface area contributed by atoms with Crippen molar-refractivity contribution in [3.8, 4) is 39.3 Å². The third-order valence-corrected chi connectivity index (χ3v) is 13.4. The van der Waals surface area contributed by atoms with Crippen molar-refractivity contribution < 1.29 is 4.42 Å². The first-order valence-corrected chi connectivity index (χ1v) is 21.9. The van der Waals surface area contributed by atoms with Crippen LogP contribution in [0.4, 0.5) is 0 Å². The molecule has 4 heteroatoms. The lowest BCUT2D eigenvalue weighted by Crippen LogP contribution is -1.95. The van der Waals surface area contributed by atoms with E-state index < -0.39 is 0 Å². The summed E-state index contributed by atoms with van der Waals surface area (Å²) in [5.41, 5.74) is 16.7. The van der Waals surface area contributed by atoms with E-state index in [4.69, 9.17) is 4.42 Å². The van der Waals surface area contributed by atoms with Crippen LogP contribution in [-0.4, -0.2) is 13.7 Å². The molecule has 0 atom stereocenters. The first-order valence-electron chi connectivity index (χ1n) is 21.9. The quantitative estimate of drug-likeness (QED) is 0.170. The number of benzene rings is 10. The van der Waals surface area contributed by atoms with E-state index in [-0.39, 0.29) is 0 Å². The van der Waals surface area contributed by atoms with Crippen molar-refractivity contribution in [2.45, 2.75) is 0 Å². The zero-order chi connectivity index (χ0) is 41.9. The number of nitrogens with zero attached hydrogens (tertiary/aromatic N) is 3. The van der Waals surface area contributed by atoms with Crippen LogP contribution in [0.3, 0.4) is 0 Å². The molecule has 10 aromatic carbocycles. The van der Waals surface area contributed by atoms with Gasteiger partial charge in [-0.05, 0) is 114 Å². The van der Waals surface area contributed by atoms with Crippen LogP contribution in [0.15, 0.2) is 229 Å². The minimum absolute atomic E-state index is 0.864. The zero-order valence-corrected chi connectivity index (χ0v) is 34.6. The molecule has 0 spiro atoms. The van der Waals surface area contributed by atoms with Crippen LogP contribution in [0, 0.1) is 0 Å². The maximum atomic E-state index is 7.01. The molecule has 4 aromatic heterocycles. The fourth-order valence-electron chi connectivity index (χ4n) is 10.6. The van der Waals surface area contributed by atoms with Gasteiger partial charge in [0, 0.05) is 65.7 Å². The standard InChI is InChI=1S/C60H37N3O/c1-3-15-41(16-4-1)61-55-25-13-9-21-46(55)49-33-38(27-30-57(49)61)39-29-32-59-51(34-39)52-37-43(63-53-23-11-7-19-44(53)45-20-8-12-24-54(45)63)36-48(60(52)64-59)40-28-31-58-50(35-40)47-22-10-14-26-56(47)62(58)42-17-5-2-6-18-42/h1-37H. The van der Waals surface area contributed by atoms with Gasteiger partial charge in [0.2, 0.25) is 0 Å². The number of aromatic nitrogens is 3. The van der Waals surface area contributed by atoms with Gasteiger partial charge in [-0.2, -0.15) is 0 Å². The van der Waals surface area contributed by atoms with Gasteiger partial charge in [-0.3, -0.25) is 0 Å². The molecule has 4 heterocycles. The van der Waals surface area contributed by atoms with Crippen LogP contribution in [0.25, 0.3) is 127 Å². The fraction of sp³-hybridized carbons (Fsp3) is 0. The number of fused-ring (bicyclic) bond motifs is 12. The van der Waals surface area contributed by atoms with Gasteiger partial charge in [-0.15, -0.1) is 0 Å². The lowest BCUT2D eigenvalue weighted by atomic mass is 9.97. The van der Waals surface area contributed by atoms with E-state index in [0.717, 1.165) is 55.7 Å². The Morgan fingerprint density at radius 1 is 0.250 bits per heavy atom. The van der Waals surface area contributed by atoms with Crippen LogP contribution in [0.5, 0.6) is 0 Å². The third kappa shape index (κ3) is 5.05. The van der Waals surface area contributed by atoms with Crippen molar-refractivity contribution in [3.05, 3.63) is 224 Å². The monoisotopic (exact) mass is 815 g/mol. The Morgan fingerprint density at radius 2 is 0.641 bits per heavy atom. The number of furan rings is 1. The van der Waals surface area contributed by atoms with Gasteiger partial charge in [0.05, 0.1) is 33.1 Å². The topological polar surface area (TPSA) is 27.9 Å². The Kier molecular flexibility index (Phi) is 7.36. The Bertz CT molecular complexity index is 4130. The minimum atomic E-state index is 0.864. The maximum absolute atomic E-state index is 7.01. The Hall–Kier alpha value is -8.60. The van der Waals surface area contributed by atoms with Crippen LogP contribution < -0.4 is 0 Å². The summed E-state index contributed by atoms with van der Waals surface area (Å²) in [7, 11) is 0. The highest BCUT2D eigenvalue weighted by Crippen LogP contribution is 2.44. The van der Waals surface area contributed by atoms with Gasteiger partial charge in [0.1, 0.15) is 11.2 Å². The fourth-order valence-corrected chi connectivity index (χ4v) is 10.6. The molecular formula is C60H37N3O. The Labute approximate surface area is 367 Å². The minimum Gasteiger partial charge on any atom is -0.455 e. The first-order chi connectivity index (χ1) is 31.7. The van der Waals surface area contributed by atoms with Crippen molar-refractivity contribution >= 4 is 87.4 Å². The number of para-hydroxylation sites is 6. The van der Waals surface area contributed by atoms with E-state index >= 15 is 0 Å². The highest BCUT2D eigenvalue weighted by atomic mass is 16.3. The van der Waals surface area contributed by atoms with E-state index in [1.54, 1.807) is 0 Å². The number of rotatable bonds is 5. The third-order valence-electron chi connectivity index (χ3n) is 13.4. The smallest absolute Gasteiger partial charge is 0.143 e. The summed E-state index contributed by atoms with van der Waals surface area (Å²) >= 11 is 0. The number of hydrogen-bond donors (Lipinski definition) is 0. The van der Waals surface area contributed by atoms with Gasteiger partial charge < -0.3 is 18.1 Å². The second-order valence-corrected chi connectivity index (χ2v) is 16.9. The van der Waals surface area contributed by atoms with Crippen LogP contribution in [-0.2, 0) is 0 Å². The summed E-state index contributed by atoms with van der Waals surface area (Å²) in [4.78, 5) is 0. The Balaban J connectivity index is 1.02. The van der Waals surface area contributed by atoms with E-state index in [2.05, 4.69) is 238 Å². The SMILES string of the molecule is c1ccc(-n2c3ccccc3c3cc(-c4ccc5oc6c(-c7ccc8c(c7)c7ccccc7n8-c7ccccc7)cc(-n7c8ccccc8c8ccccc87)cc6c5c4)ccc32)cc1. The van der Waals surface area contributed by atoms with Crippen molar-refractivity contribution in [2.24, 2.45) is 0 Å². The molecule has 0 aliphatic carbocycles. The highest BCUT2D eigenvalue weighted by molar-refractivity contribution is 6.16. The molecule has 64 heavy (non-hydrogen) atoms.